The number of imidazole rings is 1. The molecule has 2 aromatic rings. The van der Waals surface area contributed by atoms with E-state index in [1.54, 1.807) is 0 Å². The number of aromatic nitrogens is 2. The molecule has 112 valence electrons. The minimum absolute atomic E-state index is 0.188. The lowest BCUT2D eigenvalue weighted by Gasteiger charge is -2.31. The van der Waals surface area contributed by atoms with Gasteiger partial charge in [0.2, 0.25) is 5.91 Å². The summed E-state index contributed by atoms with van der Waals surface area (Å²) >= 11 is 0. The van der Waals surface area contributed by atoms with E-state index in [1.807, 2.05) is 47.7 Å². The summed E-state index contributed by atoms with van der Waals surface area (Å²) in [6.07, 6.45) is 6.09. The summed E-state index contributed by atoms with van der Waals surface area (Å²) in [7, 11) is 1.95. The highest BCUT2D eigenvalue weighted by atomic mass is 16.2. The van der Waals surface area contributed by atoms with Crippen molar-refractivity contribution in [2.24, 2.45) is 0 Å². The molecule has 1 aliphatic carbocycles. The van der Waals surface area contributed by atoms with E-state index in [-0.39, 0.29) is 5.91 Å². The molecule has 1 aromatic heterocycles. The van der Waals surface area contributed by atoms with Gasteiger partial charge < -0.3 is 9.47 Å². The van der Waals surface area contributed by atoms with Gasteiger partial charge in [0.05, 0.1) is 11.0 Å². The van der Waals surface area contributed by atoms with E-state index < -0.39 is 0 Å². The summed E-state index contributed by atoms with van der Waals surface area (Å²) in [4.78, 5) is 19.1. The van der Waals surface area contributed by atoms with Gasteiger partial charge in [0.1, 0.15) is 12.4 Å². The van der Waals surface area contributed by atoms with E-state index >= 15 is 0 Å². The van der Waals surface area contributed by atoms with Crippen LogP contribution in [0.2, 0.25) is 0 Å². The molecular formula is C17H23N3O. The van der Waals surface area contributed by atoms with Gasteiger partial charge in [-0.15, -0.1) is 0 Å². The molecule has 1 fully saturated rings. The van der Waals surface area contributed by atoms with E-state index in [0.29, 0.717) is 12.6 Å². The second-order valence-corrected chi connectivity index (χ2v) is 6.03. The highest BCUT2D eigenvalue weighted by Crippen LogP contribution is 2.22. The van der Waals surface area contributed by atoms with Crippen molar-refractivity contribution in [3.8, 4) is 0 Å². The minimum Gasteiger partial charge on any atom is -0.341 e. The molecule has 0 N–H and O–H groups in total. The van der Waals surface area contributed by atoms with Crippen molar-refractivity contribution in [2.45, 2.75) is 51.6 Å². The summed E-state index contributed by atoms with van der Waals surface area (Å²) in [5, 5.41) is 0. The Bertz CT molecular complexity index is 641. The number of aryl methyl sites for hydroxylation is 1. The Hall–Kier alpha value is -1.84. The van der Waals surface area contributed by atoms with Crippen LogP contribution in [0.15, 0.2) is 24.3 Å². The molecule has 1 aliphatic rings. The first-order valence-electron chi connectivity index (χ1n) is 7.84. The average Bonchev–Trinajstić information content (AvgIpc) is 2.83. The van der Waals surface area contributed by atoms with Crippen molar-refractivity contribution in [1.82, 2.24) is 14.5 Å². The maximum absolute atomic E-state index is 12.6. The molecule has 0 atom stereocenters. The number of hydrogen-bond acceptors (Lipinski definition) is 2. The lowest BCUT2D eigenvalue weighted by atomic mass is 9.94. The van der Waals surface area contributed by atoms with E-state index in [2.05, 4.69) is 4.98 Å². The summed E-state index contributed by atoms with van der Waals surface area (Å²) in [6, 6.07) is 8.42. The summed E-state index contributed by atoms with van der Waals surface area (Å²) in [6.45, 7) is 2.35. The Kier molecular flexibility index (Phi) is 3.95. The normalized spacial score (nSPS) is 16.3. The molecule has 1 heterocycles. The fourth-order valence-corrected chi connectivity index (χ4v) is 3.31. The molecule has 1 amide bonds. The van der Waals surface area contributed by atoms with Crippen LogP contribution in [0.3, 0.4) is 0 Å². The minimum atomic E-state index is 0.188. The van der Waals surface area contributed by atoms with Crippen LogP contribution in [-0.4, -0.2) is 33.4 Å². The zero-order chi connectivity index (χ0) is 14.8. The Morgan fingerprint density at radius 1 is 1.29 bits per heavy atom. The fourth-order valence-electron chi connectivity index (χ4n) is 3.31. The van der Waals surface area contributed by atoms with Crippen LogP contribution in [0, 0.1) is 6.92 Å². The number of benzene rings is 1. The monoisotopic (exact) mass is 285 g/mol. The van der Waals surface area contributed by atoms with Crippen LogP contribution in [0.1, 0.15) is 37.9 Å². The number of fused-ring (bicyclic) bond motifs is 1. The van der Waals surface area contributed by atoms with Crippen molar-refractivity contribution < 1.29 is 4.79 Å². The molecule has 1 aromatic carbocycles. The third-order valence-electron chi connectivity index (χ3n) is 4.65. The van der Waals surface area contributed by atoms with E-state index in [9.17, 15) is 4.79 Å². The second kappa shape index (κ2) is 5.88. The van der Waals surface area contributed by atoms with Crippen molar-refractivity contribution >= 4 is 16.9 Å². The molecule has 0 saturated heterocycles. The SMILES string of the molecule is Cc1nc2ccccc2n1CC(=O)N(C)C1CCCCC1. The van der Waals surface area contributed by atoms with Crippen LogP contribution in [0.4, 0.5) is 0 Å². The smallest absolute Gasteiger partial charge is 0.242 e. The first kappa shape index (κ1) is 14.1. The largest absolute Gasteiger partial charge is 0.341 e. The standard InChI is InChI=1S/C17H23N3O/c1-13-18-15-10-6-7-11-16(15)20(13)12-17(21)19(2)14-8-4-3-5-9-14/h6-7,10-11,14H,3-5,8-9,12H2,1-2H3. The lowest BCUT2D eigenvalue weighted by molar-refractivity contribution is -0.133. The van der Waals surface area contributed by atoms with E-state index in [0.717, 1.165) is 29.7 Å². The molecule has 0 bridgehead atoms. The summed E-state index contributed by atoms with van der Waals surface area (Å²) < 4.78 is 2.02. The molecule has 0 radical (unpaired) electrons. The first-order chi connectivity index (χ1) is 10.2. The Balaban J connectivity index is 1.78. The number of amides is 1. The van der Waals surface area contributed by atoms with Crippen molar-refractivity contribution in [1.29, 1.82) is 0 Å². The average molecular weight is 285 g/mol. The zero-order valence-corrected chi connectivity index (χ0v) is 12.9. The number of para-hydroxylation sites is 2. The molecule has 0 unspecified atom stereocenters. The Labute approximate surface area is 125 Å². The van der Waals surface area contributed by atoms with Gasteiger partial charge >= 0.3 is 0 Å². The predicted molar refractivity (Wildman–Crippen MR) is 84.1 cm³/mol. The molecule has 4 nitrogen and oxygen atoms in total. The van der Waals surface area contributed by atoms with Crippen LogP contribution >= 0.6 is 0 Å². The van der Waals surface area contributed by atoms with Gasteiger partial charge in [-0.1, -0.05) is 31.4 Å². The summed E-state index contributed by atoms with van der Waals surface area (Å²) in [5.41, 5.74) is 2.00. The van der Waals surface area contributed by atoms with Crippen molar-refractivity contribution in [3.63, 3.8) is 0 Å². The molecule has 21 heavy (non-hydrogen) atoms. The van der Waals surface area contributed by atoms with Crippen LogP contribution < -0.4 is 0 Å². The highest BCUT2D eigenvalue weighted by molar-refractivity contribution is 5.81. The zero-order valence-electron chi connectivity index (χ0n) is 12.9. The number of rotatable bonds is 3. The Morgan fingerprint density at radius 3 is 2.76 bits per heavy atom. The van der Waals surface area contributed by atoms with Crippen molar-refractivity contribution in [2.75, 3.05) is 7.05 Å². The van der Waals surface area contributed by atoms with Gasteiger partial charge in [-0.25, -0.2) is 4.98 Å². The van der Waals surface area contributed by atoms with Gasteiger partial charge in [0, 0.05) is 13.1 Å². The van der Waals surface area contributed by atoms with Gasteiger partial charge in [-0.3, -0.25) is 4.79 Å². The molecule has 0 aliphatic heterocycles. The van der Waals surface area contributed by atoms with Gasteiger partial charge in [-0.05, 0) is 31.9 Å². The number of nitrogens with zero attached hydrogens (tertiary/aromatic N) is 3. The predicted octanol–water partition coefficient (Wildman–Crippen LogP) is 3.14. The third kappa shape index (κ3) is 2.80. The van der Waals surface area contributed by atoms with Crippen LogP contribution in [-0.2, 0) is 11.3 Å². The van der Waals surface area contributed by atoms with Crippen LogP contribution in [0.5, 0.6) is 0 Å². The van der Waals surface area contributed by atoms with E-state index in [4.69, 9.17) is 0 Å². The number of carbonyl (C=O) groups excluding carboxylic acids is 1. The molecule has 4 heteroatoms. The maximum atomic E-state index is 12.6. The molecule has 3 rings (SSSR count). The highest BCUT2D eigenvalue weighted by Gasteiger charge is 2.22. The van der Waals surface area contributed by atoms with E-state index in [1.165, 1.54) is 19.3 Å². The van der Waals surface area contributed by atoms with Gasteiger partial charge in [0.25, 0.3) is 0 Å². The number of likely N-dealkylation sites (N-methyl/N-ethyl adjacent to an activating group) is 1. The Morgan fingerprint density at radius 2 is 2.00 bits per heavy atom. The molecule has 0 spiro atoms. The topological polar surface area (TPSA) is 38.1 Å². The maximum Gasteiger partial charge on any atom is 0.242 e. The van der Waals surface area contributed by atoms with Gasteiger partial charge in [0.15, 0.2) is 0 Å². The van der Waals surface area contributed by atoms with Crippen molar-refractivity contribution in [3.05, 3.63) is 30.1 Å². The third-order valence-corrected chi connectivity index (χ3v) is 4.65. The van der Waals surface area contributed by atoms with Crippen LogP contribution in [0.25, 0.3) is 11.0 Å². The lowest BCUT2D eigenvalue weighted by Crippen LogP contribution is -2.40. The number of carbonyl (C=O) groups is 1. The molecular weight excluding hydrogens is 262 g/mol. The first-order valence-corrected chi connectivity index (χ1v) is 7.84. The van der Waals surface area contributed by atoms with Gasteiger partial charge in [-0.2, -0.15) is 0 Å². The number of hydrogen-bond donors (Lipinski definition) is 0. The quantitative estimate of drug-likeness (QED) is 0.869. The fraction of sp³-hybridized carbons (Fsp3) is 0.529. The molecule has 1 saturated carbocycles. The second-order valence-electron chi connectivity index (χ2n) is 6.03. The summed E-state index contributed by atoms with van der Waals surface area (Å²) in [5.74, 6) is 1.09.